The average Bonchev–Trinajstić information content (AvgIpc) is 2.98. The van der Waals surface area contributed by atoms with Crippen LogP contribution in [0.15, 0.2) is 97.2 Å². The van der Waals surface area contributed by atoms with E-state index in [1.807, 2.05) is 72.9 Å². The van der Waals surface area contributed by atoms with Crippen molar-refractivity contribution in [3.8, 4) is 0 Å². The summed E-state index contributed by atoms with van der Waals surface area (Å²) in [6.45, 7) is 3.27. The maximum Gasteiger partial charge on any atom is 0.469 e. The van der Waals surface area contributed by atoms with E-state index in [1.54, 1.807) is 0 Å². The molecule has 8 nitrogen and oxygen atoms in total. The molecule has 9 heteroatoms. The van der Waals surface area contributed by atoms with Crippen molar-refractivity contribution in [3.63, 3.8) is 0 Å². The quantitative estimate of drug-likeness (QED) is 0.0421. The second-order valence-electron chi connectivity index (χ2n) is 9.85. The molecule has 0 aromatic heterocycles. The first-order valence-corrected chi connectivity index (χ1v) is 17.2. The Balaban J connectivity index is 4.25. The maximum absolute atomic E-state index is 12.3. The summed E-state index contributed by atoms with van der Waals surface area (Å²) in [6.07, 6.45) is 40.0. The number of allylic oxidation sites excluding steroid dienone is 16. The van der Waals surface area contributed by atoms with Gasteiger partial charge < -0.3 is 19.3 Å². The zero-order valence-corrected chi connectivity index (χ0v) is 27.4. The molecule has 0 aliphatic rings. The molecule has 0 rings (SSSR count). The highest BCUT2D eigenvalue weighted by Crippen LogP contribution is 2.35. The monoisotopic (exact) mass is 632 g/mol. The molecule has 246 valence electrons. The Morgan fingerprint density at radius 3 is 1.59 bits per heavy atom. The Kier molecular flexibility index (Phi) is 27.9. The smallest absolute Gasteiger partial charge is 0.462 e. The van der Waals surface area contributed by atoms with Gasteiger partial charge in [0, 0.05) is 12.8 Å². The first-order chi connectivity index (χ1) is 21.3. The third kappa shape index (κ3) is 31.9. The van der Waals surface area contributed by atoms with Crippen molar-refractivity contribution < 1.29 is 37.9 Å². The standard InChI is InChI=1S/C35H53O8P/c1-3-5-7-9-11-13-15-17-19-21-23-25-27-29-34(36)41-31-33(32-42-44(38,39)40)43-35(37)30-28-26-24-22-20-18-16-14-12-10-8-6-4-2/h5-16,18,20,22,24,33H,3-4,17,19,21,23,25-32H2,1-2H3,(H2,38,39,40)/b7-5+,8-6+,11-9+,12-10+,15-13+,16-14+,20-18+,24-22+. The van der Waals surface area contributed by atoms with Gasteiger partial charge in [-0.15, -0.1) is 0 Å². The van der Waals surface area contributed by atoms with E-state index in [2.05, 4.69) is 42.7 Å². The molecule has 1 atom stereocenters. The van der Waals surface area contributed by atoms with Crippen LogP contribution in [0.2, 0.25) is 0 Å². The number of phosphoric ester groups is 1. The van der Waals surface area contributed by atoms with Gasteiger partial charge in [0.2, 0.25) is 0 Å². The van der Waals surface area contributed by atoms with E-state index in [-0.39, 0.29) is 19.4 Å². The molecule has 0 aliphatic carbocycles. The summed E-state index contributed by atoms with van der Waals surface area (Å²) in [5, 5.41) is 0. The number of esters is 2. The summed E-state index contributed by atoms with van der Waals surface area (Å²) in [4.78, 5) is 42.4. The number of rotatable bonds is 26. The number of carbonyl (C=O) groups is 2. The Morgan fingerprint density at radius 2 is 1.05 bits per heavy atom. The summed E-state index contributed by atoms with van der Waals surface area (Å²) in [5.74, 6) is -1.01. The van der Waals surface area contributed by atoms with Gasteiger partial charge in [-0.1, -0.05) is 130 Å². The highest BCUT2D eigenvalue weighted by Gasteiger charge is 2.22. The zero-order valence-electron chi connectivity index (χ0n) is 26.5. The molecule has 0 aliphatic heterocycles. The highest BCUT2D eigenvalue weighted by atomic mass is 31.2. The topological polar surface area (TPSA) is 119 Å². The van der Waals surface area contributed by atoms with Crippen molar-refractivity contribution in [2.45, 2.75) is 97.0 Å². The van der Waals surface area contributed by atoms with Gasteiger partial charge in [0.15, 0.2) is 6.10 Å². The van der Waals surface area contributed by atoms with Crippen molar-refractivity contribution in [1.82, 2.24) is 0 Å². The van der Waals surface area contributed by atoms with Crippen molar-refractivity contribution >= 4 is 19.8 Å². The number of hydrogen-bond acceptors (Lipinski definition) is 6. The van der Waals surface area contributed by atoms with Crippen LogP contribution in [-0.2, 0) is 28.2 Å². The molecule has 0 amide bonds. The molecule has 0 fully saturated rings. The molecule has 2 N–H and O–H groups in total. The van der Waals surface area contributed by atoms with E-state index >= 15 is 0 Å². The minimum atomic E-state index is -4.77. The van der Waals surface area contributed by atoms with Crippen molar-refractivity contribution in [3.05, 3.63) is 97.2 Å². The molecule has 0 bridgehead atoms. The third-order valence-corrected chi connectivity index (χ3v) is 6.27. The van der Waals surface area contributed by atoms with Crippen LogP contribution in [0, 0.1) is 0 Å². The van der Waals surface area contributed by atoms with Crippen LogP contribution in [0.5, 0.6) is 0 Å². The fourth-order valence-corrected chi connectivity index (χ4v) is 3.88. The van der Waals surface area contributed by atoms with Gasteiger partial charge in [-0.3, -0.25) is 14.1 Å². The lowest BCUT2D eigenvalue weighted by Gasteiger charge is -2.18. The lowest BCUT2D eigenvalue weighted by molar-refractivity contribution is -0.161. The van der Waals surface area contributed by atoms with Crippen molar-refractivity contribution in [2.75, 3.05) is 13.2 Å². The van der Waals surface area contributed by atoms with Crippen LogP contribution in [-0.4, -0.2) is 41.0 Å². The van der Waals surface area contributed by atoms with Gasteiger partial charge in [0.25, 0.3) is 0 Å². The number of unbranched alkanes of at least 4 members (excludes halogenated alkanes) is 6. The minimum Gasteiger partial charge on any atom is -0.462 e. The van der Waals surface area contributed by atoms with Crippen LogP contribution in [0.1, 0.15) is 90.9 Å². The van der Waals surface area contributed by atoms with Crippen LogP contribution >= 0.6 is 7.82 Å². The summed E-state index contributed by atoms with van der Waals surface area (Å²) < 4.78 is 26.1. The molecule has 0 saturated carbocycles. The predicted molar refractivity (Wildman–Crippen MR) is 179 cm³/mol. The zero-order chi connectivity index (χ0) is 32.6. The molecular weight excluding hydrogens is 579 g/mol. The van der Waals surface area contributed by atoms with E-state index in [1.165, 1.54) is 0 Å². The Hall–Kier alpha value is -3.03. The van der Waals surface area contributed by atoms with E-state index in [0.717, 1.165) is 44.9 Å². The van der Waals surface area contributed by atoms with E-state index < -0.39 is 32.5 Å². The second-order valence-corrected chi connectivity index (χ2v) is 11.1. The fraction of sp³-hybridized carbons (Fsp3) is 0.486. The van der Waals surface area contributed by atoms with Gasteiger partial charge in [-0.25, -0.2) is 4.57 Å². The molecular formula is C35H53O8P. The summed E-state index contributed by atoms with van der Waals surface area (Å²) >= 11 is 0. The highest BCUT2D eigenvalue weighted by molar-refractivity contribution is 7.46. The molecule has 0 spiro atoms. The van der Waals surface area contributed by atoms with Crippen LogP contribution in [0.25, 0.3) is 0 Å². The lowest BCUT2D eigenvalue weighted by Crippen LogP contribution is -2.29. The molecule has 1 unspecified atom stereocenters. The SMILES string of the molecule is CC/C=C/C=C/C=C/C=C/C=C/CCCC(=O)OC(COC(=O)CCCCCCC/C=C/C=C/C=C/CC)COP(=O)(O)O. The van der Waals surface area contributed by atoms with E-state index in [9.17, 15) is 14.2 Å². The number of ether oxygens (including phenoxy) is 2. The molecule has 44 heavy (non-hydrogen) atoms. The number of phosphoric acid groups is 1. The van der Waals surface area contributed by atoms with Crippen LogP contribution in [0.3, 0.4) is 0 Å². The van der Waals surface area contributed by atoms with Gasteiger partial charge in [-0.05, 0) is 44.9 Å². The predicted octanol–water partition coefficient (Wildman–Crippen LogP) is 8.72. The summed E-state index contributed by atoms with van der Waals surface area (Å²) in [5.41, 5.74) is 0. The van der Waals surface area contributed by atoms with Crippen LogP contribution < -0.4 is 0 Å². The van der Waals surface area contributed by atoms with Gasteiger partial charge in [0.1, 0.15) is 6.61 Å². The van der Waals surface area contributed by atoms with Crippen molar-refractivity contribution in [1.29, 1.82) is 0 Å². The Bertz CT molecular complexity index is 1030. The summed E-state index contributed by atoms with van der Waals surface area (Å²) in [7, 11) is -4.77. The Morgan fingerprint density at radius 1 is 0.591 bits per heavy atom. The molecule has 0 aromatic carbocycles. The van der Waals surface area contributed by atoms with E-state index in [0.29, 0.717) is 19.3 Å². The Labute approximate surface area is 264 Å². The minimum absolute atomic E-state index is 0.104. The molecule has 0 radical (unpaired) electrons. The third-order valence-electron chi connectivity index (χ3n) is 5.79. The van der Waals surface area contributed by atoms with Gasteiger partial charge in [-0.2, -0.15) is 0 Å². The summed E-state index contributed by atoms with van der Waals surface area (Å²) in [6, 6.07) is 0. The van der Waals surface area contributed by atoms with Gasteiger partial charge >= 0.3 is 19.8 Å². The lowest BCUT2D eigenvalue weighted by atomic mass is 10.1. The van der Waals surface area contributed by atoms with E-state index in [4.69, 9.17) is 19.3 Å². The maximum atomic E-state index is 12.3. The first-order valence-electron chi connectivity index (χ1n) is 15.6. The fourth-order valence-electron chi connectivity index (χ4n) is 3.52. The molecule has 0 aromatic rings. The molecule has 0 saturated heterocycles. The first kappa shape index (κ1) is 41.0. The number of carbonyl (C=O) groups excluding carboxylic acids is 2. The van der Waals surface area contributed by atoms with Crippen molar-refractivity contribution in [2.24, 2.45) is 0 Å². The van der Waals surface area contributed by atoms with Crippen LogP contribution in [0.4, 0.5) is 0 Å². The second kappa shape index (κ2) is 30.0. The largest absolute Gasteiger partial charge is 0.469 e. The normalized spacial score (nSPS) is 13.8. The number of hydrogen-bond donors (Lipinski definition) is 2. The molecule has 0 heterocycles. The van der Waals surface area contributed by atoms with Gasteiger partial charge in [0.05, 0.1) is 6.61 Å². The average molecular weight is 633 g/mol.